The monoisotopic (exact) mass is 404 g/mol. The van der Waals surface area contributed by atoms with E-state index in [4.69, 9.17) is 0 Å². The molecule has 0 aliphatic carbocycles. The van der Waals surface area contributed by atoms with E-state index in [-0.39, 0.29) is 22.2 Å². The van der Waals surface area contributed by atoms with E-state index < -0.39 is 17.6 Å². The van der Waals surface area contributed by atoms with Crippen LogP contribution in [0, 0.1) is 6.92 Å². The van der Waals surface area contributed by atoms with E-state index in [1.807, 2.05) is 0 Å². The molecule has 3 aromatic rings. The molecule has 1 aromatic heterocycles. The van der Waals surface area contributed by atoms with Gasteiger partial charge in [0.2, 0.25) is 0 Å². The second-order valence-electron chi connectivity index (χ2n) is 6.02. The quantitative estimate of drug-likeness (QED) is 0.528. The van der Waals surface area contributed by atoms with Crippen molar-refractivity contribution in [2.45, 2.75) is 20.0 Å². The lowest BCUT2D eigenvalue weighted by atomic mass is 10.1. The number of Topliss-reactive ketones (excluding diaryl/α,β-unsaturated/α-hetero) is 1. The Morgan fingerprint density at radius 3 is 2.29 bits per heavy atom. The molecule has 0 saturated heterocycles. The van der Waals surface area contributed by atoms with Crippen molar-refractivity contribution < 1.29 is 22.8 Å². The van der Waals surface area contributed by atoms with Crippen LogP contribution in [0.4, 0.5) is 24.0 Å². The zero-order valence-electron chi connectivity index (χ0n) is 14.9. The van der Waals surface area contributed by atoms with Gasteiger partial charge in [-0.1, -0.05) is 35.6 Å². The van der Waals surface area contributed by atoms with E-state index in [0.717, 1.165) is 28.4 Å². The largest absolute Gasteiger partial charge is 0.416 e. The highest BCUT2D eigenvalue weighted by molar-refractivity contribution is 7.18. The highest BCUT2D eigenvalue weighted by Gasteiger charge is 2.32. The number of rotatable bonds is 4. The average Bonchev–Trinajstić information content (AvgIpc) is 3.03. The third-order valence-corrected chi connectivity index (χ3v) is 5.20. The third-order valence-electron chi connectivity index (χ3n) is 3.95. The predicted molar refractivity (Wildman–Crippen MR) is 101 cm³/mol. The lowest BCUT2D eigenvalue weighted by molar-refractivity contribution is -0.137. The summed E-state index contributed by atoms with van der Waals surface area (Å²) in [5.74, 6) is -0.763. The summed E-state index contributed by atoms with van der Waals surface area (Å²) in [6, 6.07) is 12.6. The van der Waals surface area contributed by atoms with Gasteiger partial charge in [0.25, 0.3) is 5.91 Å². The number of hydrogen-bond donors (Lipinski definition) is 0. The Morgan fingerprint density at radius 1 is 1.04 bits per heavy atom. The number of amides is 1. The minimum absolute atomic E-state index is 0.0209. The second kappa shape index (κ2) is 7.55. The summed E-state index contributed by atoms with van der Waals surface area (Å²) in [7, 11) is 0. The molecule has 8 heteroatoms. The van der Waals surface area contributed by atoms with Crippen LogP contribution in [0.5, 0.6) is 0 Å². The van der Waals surface area contributed by atoms with Gasteiger partial charge in [0.15, 0.2) is 10.9 Å². The van der Waals surface area contributed by atoms with Gasteiger partial charge < -0.3 is 0 Å². The molecular weight excluding hydrogens is 389 g/mol. The minimum Gasteiger partial charge on any atom is -0.294 e. The van der Waals surface area contributed by atoms with Crippen molar-refractivity contribution in [3.63, 3.8) is 0 Å². The summed E-state index contributed by atoms with van der Waals surface area (Å²) >= 11 is 0.970. The molecule has 0 radical (unpaired) electrons. The zero-order chi connectivity index (χ0) is 20.5. The molecule has 1 heterocycles. The number of carbonyl (C=O) groups is 2. The van der Waals surface area contributed by atoms with Gasteiger partial charge >= 0.3 is 6.18 Å². The number of benzene rings is 2. The second-order valence-corrected chi connectivity index (χ2v) is 7.00. The van der Waals surface area contributed by atoms with Gasteiger partial charge in [0, 0.05) is 12.5 Å². The van der Waals surface area contributed by atoms with Crippen molar-refractivity contribution >= 4 is 33.8 Å². The van der Waals surface area contributed by atoms with Crippen LogP contribution in [-0.2, 0) is 6.18 Å². The molecule has 0 aliphatic rings. The Bertz CT molecular complexity index is 1030. The third kappa shape index (κ3) is 3.96. The molecular formula is C20H15F3N2O2S. The fourth-order valence-electron chi connectivity index (χ4n) is 2.65. The van der Waals surface area contributed by atoms with Gasteiger partial charge in [-0.2, -0.15) is 13.2 Å². The first-order valence-corrected chi connectivity index (χ1v) is 9.05. The maximum atomic E-state index is 13.2. The van der Waals surface area contributed by atoms with E-state index in [1.54, 1.807) is 37.3 Å². The summed E-state index contributed by atoms with van der Waals surface area (Å²) in [6.45, 7) is 2.99. The van der Waals surface area contributed by atoms with E-state index in [0.29, 0.717) is 10.6 Å². The Balaban J connectivity index is 2.17. The van der Waals surface area contributed by atoms with E-state index in [2.05, 4.69) is 4.98 Å². The normalized spacial score (nSPS) is 11.3. The van der Waals surface area contributed by atoms with E-state index in [9.17, 15) is 22.8 Å². The van der Waals surface area contributed by atoms with Crippen molar-refractivity contribution in [3.05, 3.63) is 76.3 Å². The van der Waals surface area contributed by atoms with Gasteiger partial charge in [0.05, 0.1) is 21.8 Å². The molecule has 0 aliphatic heterocycles. The van der Waals surface area contributed by atoms with Gasteiger partial charge in [-0.05, 0) is 37.3 Å². The van der Waals surface area contributed by atoms with Crippen LogP contribution >= 0.6 is 11.3 Å². The van der Waals surface area contributed by atoms with Crippen molar-refractivity contribution in [1.29, 1.82) is 0 Å². The molecule has 0 unspecified atom stereocenters. The van der Waals surface area contributed by atoms with Crippen LogP contribution in [0.1, 0.15) is 38.2 Å². The van der Waals surface area contributed by atoms with E-state index in [1.165, 1.54) is 19.1 Å². The number of nitrogens with zero attached hydrogens (tertiary/aromatic N) is 2. The Morgan fingerprint density at radius 2 is 1.71 bits per heavy atom. The SMILES string of the molecule is CC(=O)c1sc(N(C(=O)c2ccccc2)c2cccc(C(F)(F)F)c2)nc1C. The van der Waals surface area contributed by atoms with Crippen molar-refractivity contribution in [2.24, 2.45) is 0 Å². The Kier molecular flexibility index (Phi) is 5.33. The Labute approximate surface area is 163 Å². The van der Waals surface area contributed by atoms with Crippen molar-refractivity contribution in [3.8, 4) is 0 Å². The predicted octanol–water partition coefficient (Wildman–Crippen LogP) is 5.65. The molecule has 1 amide bonds. The summed E-state index contributed by atoms with van der Waals surface area (Å²) in [6.07, 6.45) is -4.55. The highest BCUT2D eigenvalue weighted by Crippen LogP contribution is 2.37. The molecule has 4 nitrogen and oxygen atoms in total. The van der Waals surface area contributed by atoms with Crippen LogP contribution in [0.15, 0.2) is 54.6 Å². The number of halogens is 3. The van der Waals surface area contributed by atoms with Crippen LogP contribution in [-0.4, -0.2) is 16.7 Å². The van der Waals surface area contributed by atoms with Crippen LogP contribution in [0.25, 0.3) is 0 Å². The molecule has 2 aromatic carbocycles. The van der Waals surface area contributed by atoms with Crippen molar-refractivity contribution in [2.75, 3.05) is 4.90 Å². The van der Waals surface area contributed by atoms with Gasteiger partial charge in [-0.3, -0.25) is 14.5 Å². The fourth-order valence-corrected chi connectivity index (χ4v) is 3.63. The van der Waals surface area contributed by atoms with Crippen LogP contribution < -0.4 is 4.90 Å². The number of ketones is 1. The number of thiazole rings is 1. The molecule has 0 saturated carbocycles. The maximum absolute atomic E-state index is 13.2. The Hall–Kier alpha value is -3.00. The molecule has 0 N–H and O–H groups in total. The van der Waals surface area contributed by atoms with Crippen LogP contribution in [0.3, 0.4) is 0 Å². The molecule has 0 spiro atoms. The first-order valence-electron chi connectivity index (χ1n) is 8.23. The smallest absolute Gasteiger partial charge is 0.294 e. The molecule has 3 rings (SSSR count). The highest BCUT2D eigenvalue weighted by atomic mass is 32.1. The number of carbonyl (C=O) groups excluding carboxylic acids is 2. The summed E-state index contributed by atoms with van der Waals surface area (Å²) < 4.78 is 39.5. The molecule has 0 bridgehead atoms. The number of aromatic nitrogens is 1. The topological polar surface area (TPSA) is 50.3 Å². The lowest BCUT2D eigenvalue weighted by Gasteiger charge is -2.21. The minimum atomic E-state index is -4.55. The average molecular weight is 404 g/mol. The standard InChI is InChI=1S/C20H15F3N2O2S/c1-12-17(13(2)26)28-19(24-12)25(18(27)14-7-4-3-5-8-14)16-10-6-9-15(11-16)20(21,22)23/h3-11H,1-2H3. The number of alkyl halides is 3. The zero-order valence-corrected chi connectivity index (χ0v) is 15.8. The number of hydrogen-bond acceptors (Lipinski definition) is 4. The fraction of sp³-hybridized carbons (Fsp3) is 0.150. The van der Waals surface area contributed by atoms with Crippen molar-refractivity contribution in [1.82, 2.24) is 4.98 Å². The maximum Gasteiger partial charge on any atom is 0.416 e. The van der Waals surface area contributed by atoms with Gasteiger partial charge in [0.1, 0.15) is 0 Å². The van der Waals surface area contributed by atoms with Gasteiger partial charge in [-0.25, -0.2) is 4.98 Å². The molecule has 144 valence electrons. The molecule has 28 heavy (non-hydrogen) atoms. The first-order chi connectivity index (χ1) is 13.2. The molecule has 0 atom stereocenters. The first kappa shape index (κ1) is 19.8. The summed E-state index contributed by atoms with van der Waals surface area (Å²) in [5.41, 5.74) is -0.147. The summed E-state index contributed by atoms with van der Waals surface area (Å²) in [5, 5.41) is 0.135. The lowest BCUT2D eigenvalue weighted by Crippen LogP contribution is -2.26. The molecule has 0 fully saturated rings. The number of aryl methyl sites for hydroxylation is 1. The van der Waals surface area contributed by atoms with Crippen LogP contribution in [0.2, 0.25) is 0 Å². The van der Waals surface area contributed by atoms with E-state index >= 15 is 0 Å². The summed E-state index contributed by atoms with van der Waals surface area (Å²) in [4.78, 5) is 30.6. The number of anilines is 2. The van der Waals surface area contributed by atoms with Gasteiger partial charge in [-0.15, -0.1) is 0 Å².